The Morgan fingerprint density at radius 3 is 2.83 bits per heavy atom. The number of nitrogens with two attached hydrogens (primary N) is 1. The minimum absolute atomic E-state index is 0.0551. The SMILES string of the molecule is Cn1ccc(CC(NN)c2ccc(Br)cc2Cl)n1. The van der Waals surface area contributed by atoms with Gasteiger partial charge in [-0.3, -0.25) is 16.0 Å². The molecule has 0 amide bonds. The van der Waals surface area contributed by atoms with Gasteiger partial charge in [0, 0.05) is 29.2 Å². The highest BCUT2D eigenvalue weighted by Gasteiger charge is 2.15. The van der Waals surface area contributed by atoms with Crippen molar-refractivity contribution in [1.82, 2.24) is 15.2 Å². The summed E-state index contributed by atoms with van der Waals surface area (Å²) in [6.45, 7) is 0. The Bertz CT molecular complexity index is 541. The largest absolute Gasteiger partial charge is 0.276 e. The predicted octanol–water partition coefficient (Wildman–Crippen LogP) is 2.58. The van der Waals surface area contributed by atoms with Gasteiger partial charge in [-0.25, -0.2) is 0 Å². The van der Waals surface area contributed by atoms with Crippen molar-refractivity contribution in [2.24, 2.45) is 12.9 Å². The molecule has 0 aliphatic rings. The van der Waals surface area contributed by atoms with E-state index in [0.29, 0.717) is 11.4 Å². The number of nitrogens with one attached hydrogen (secondary N) is 1. The highest BCUT2D eigenvalue weighted by Crippen LogP contribution is 2.27. The van der Waals surface area contributed by atoms with E-state index in [2.05, 4.69) is 26.5 Å². The van der Waals surface area contributed by atoms with Crippen LogP contribution in [-0.4, -0.2) is 9.78 Å². The van der Waals surface area contributed by atoms with Gasteiger partial charge in [-0.05, 0) is 23.8 Å². The third kappa shape index (κ3) is 3.11. The molecule has 4 nitrogen and oxygen atoms in total. The lowest BCUT2D eigenvalue weighted by Gasteiger charge is -2.16. The Hall–Kier alpha value is -0.880. The maximum absolute atomic E-state index is 6.22. The van der Waals surface area contributed by atoms with E-state index in [9.17, 15) is 0 Å². The molecule has 18 heavy (non-hydrogen) atoms. The summed E-state index contributed by atoms with van der Waals surface area (Å²) in [4.78, 5) is 0. The van der Waals surface area contributed by atoms with Crippen molar-refractivity contribution in [3.63, 3.8) is 0 Å². The van der Waals surface area contributed by atoms with Gasteiger partial charge in [0.2, 0.25) is 0 Å². The molecule has 3 N–H and O–H groups in total. The quantitative estimate of drug-likeness (QED) is 0.669. The molecule has 0 saturated carbocycles. The van der Waals surface area contributed by atoms with Gasteiger partial charge >= 0.3 is 0 Å². The Morgan fingerprint density at radius 2 is 2.28 bits per heavy atom. The highest BCUT2D eigenvalue weighted by molar-refractivity contribution is 9.10. The van der Waals surface area contributed by atoms with Crippen LogP contribution in [-0.2, 0) is 13.5 Å². The topological polar surface area (TPSA) is 55.9 Å². The summed E-state index contributed by atoms with van der Waals surface area (Å²) in [6, 6.07) is 7.68. The zero-order chi connectivity index (χ0) is 13.1. The predicted molar refractivity (Wildman–Crippen MR) is 76.1 cm³/mol. The number of aromatic nitrogens is 2. The van der Waals surface area contributed by atoms with Crippen LogP contribution in [0, 0.1) is 0 Å². The standard InChI is InChI=1S/C12H14BrClN4/c1-18-5-4-9(17-18)7-12(16-15)10-3-2-8(13)6-11(10)14/h2-6,12,16H,7,15H2,1H3. The summed E-state index contributed by atoms with van der Waals surface area (Å²) < 4.78 is 2.72. The molecule has 2 rings (SSSR count). The van der Waals surface area contributed by atoms with Crippen LogP contribution in [0.3, 0.4) is 0 Å². The van der Waals surface area contributed by atoms with E-state index in [-0.39, 0.29) is 6.04 Å². The lowest BCUT2D eigenvalue weighted by Crippen LogP contribution is -2.30. The number of hydrogen-bond acceptors (Lipinski definition) is 3. The molecule has 1 aromatic carbocycles. The van der Waals surface area contributed by atoms with Gasteiger partial charge in [-0.2, -0.15) is 5.10 Å². The summed E-state index contributed by atoms with van der Waals surface area (Å²) in [7, 11) is 1.89. The number of halogens is 2. The normalized spacial score (nSPS) is 12.7. The molecule has 1 atom stereocenters. The van der Waals surface area contributed by atoms with Crippen molar-refractivity contribution in [2.45, 2.75) is 12.5 Å². The van der Waals surface area contributed by atoms with Crippen LogP contribution in [0.5, 0.6) is 0 Å². The van der Waals surface area contributed by atoms with Crippen molar-refractivity contribution in [3.8, 4) is 0 Å². The van der Waals surface area contributed by atoms with Crippen LogP contribution in [0.2, 0.25) is 5.02 Å². The molecule has 0 aliphatic heterocycles. The number of nitrogens with zero attached hydrogens (tertiary/aromatic N) is 2. The van der Waals surface area contributed by atoms with E-state index in [1.807, 2.05) is 37.5 Å². The number of hydrazine groups is 1. The smallest absolute Gasteiger partial charge is 0.0643 e. The van der Waals surface area contributed by atoms with E-state index < -0.39 is 0 Å². The zero-order valence-corrected chi connectivity index (χ0v) is 12.2. The van der Waals surface area contributed by atoms with Crippen LogP contribution < -0.4 is 11.3 Å². The molecule has 6 heteroatoms. The third-order valence-electron chi connectivity index (χ3n) is 2.72. The molecular weight excluding hydrogens is 316 g/mol. The first-order valence-corrected chi connectivity index (χ1v) is 6.67. The second-order valence-electron chi connectivity index (χ2n) is 4.07. The monoisotopic (exact) mass is 328 g/mol. The van der Waals surface area contributed by atoms with E-state index in [0.717, 1.165) is 15.7 Å². The minimum atomic E-state index is -0.0551. The lowest BCUT2D eigenvalue weighted by molar-refractivity contribution is 0.541. The molecule has 0 fully saturated rings. The molecule has 0 saturated heterocycles. The Labute approximate surface area is 119 Å². The molecule has 0 bridgehead atoms. The maximum atomic E-state index is 6.22. The van der Waals surface area contributed by atoms with Crippen LogP contribution in [0.15, 0.2) is 34.9 Å². The van der Waals surface area contributed by atoms with Crippen molar-refractivity contribution in [3.05, 3.63) is 51.2 Å². The number of aryl methyl sites for hydroxylation is 1. The Kier molecular flexibility index (Phi) is 4.40. The fraction of sp³-hybridized carbons (Fsp3) is 0.250. The van der Waals surface area contributed by atoms with Gasteiger partial charge in [0.1, 0.15) is 0 Å². The number of hydrogen-bond donors (Lipinski definition) is 2. The van der Waals surface area contributed by atoms with Crippen LogP contribution >= 0.6 is 27.5 Å². The Morgan fingerprint density at radius 1 is 1.50 bits per heavy atom. The fourth-order valence-corrected chi connectivity index (χ4v) is 2.63. The first kappa shape index (κ1) is 13.5. The third-order valence-corrected chi connectivity index (χ3v) is 3.54. The zero-order valence-electron chi connectivity index (χ0n) is 9.90. The van der Waals surface area contributed by atoms with E-state index in [1.54, 1.807) is 4.68 Å². The average Bonchev–Trinajstić information content (AvgIpc) is 2.72. The van der Waals surface area contributed by atoms with Crippen LogP contribution in [0.1, 0.15) is 17.3 Å². The fourth-order valence-electron chi connectivity index (χ4n) is 1.82. The van der Waals surface area contributed by atoms with Crippen LogP contribution in [0.4, 0.5) is 0 Å². The van der Waals surface area contributed by atoms with Crippen molar-refractivity contribution in [2.75, 3.05) is 0 Å². The molecule has 1 unspecified atom stereocenters. The summed E-state index contributed by atoms with van der Waals surface area (Å²) in [5, 5.41) is 5.02. The molecule has 1 aromatic heterocycles. The highest BCUT2D eigenvalue weighted by atomic mass is 79.9. The first-order chi connectivity index (χ1) is 8.60. The molecule has 96 valence electrons. The summed E-state index contributed by atoms with van der Waals surface area (Å²) >= 11 is 9.61. The molecular formula is C12H14BrClN4. The van der Waals surface area contributed by atoms with Gasteiger partial charge in [-0.1, -0.05) is 33.6 Å². The van der Waals surface area contributed by atoms with Crippen molar-refractivity contribution >= 4 is 27.5 Å². The molecule has 0 spiro atoms. The second kappa shape index (κ2) is 5.84. The molecule has 1 heterocycles. The van der Waals surface area contributed by atoms with Gasteiger partial charge in [0.15, 0.2) is 0 Å². The summed E-state index contributed by atoms with van der Waals surface area (Å²) in [5.41, 5.74) is 4.72. The van der Waals surface area contributed by atoms with E-state index in [1.165, 1.54) is 0 Å². The average molecular weight is 330 g/mol. The summed E-state index contributed by atoms with van der Waals surface area (Å²) in [5.74, 6) is 5.61. The molecule has 0 aliphatic carbocycles. The van der Waals surface area contributed by atoms with Gasteiger partial charge in [0.25, 0.3) is 0 Å². The Balaban J connectivity index is 2.22. The van der Waals surface area contributed by atoms with Crippen LogP contribution in [0.25, 0.3) is 0 Å². The van der Waals surface area contributed by atoms with Crippen molar-refractivity contribution in [1.29, 1.82) is 0 Å². The number of benzene rings is 1. The lowest BCUT2D eigenvalue weighted by atomic mass is 10.0. The van der Waals surface area contributed by atoms with Gasteiger partial charge in [0.05, 0.1) is 11.7 Å². The maximum Gasteiger partial charge on any atom is 0.0643 e. The first-order valence-electron chi connectivity index (χ1n) is 5.49. The van der Waals surface area contributed by atoms with E-state index >= 15 is 0 Å². The molecule has 2 aromatic rings. The van der Waals surface area contributed by atoms with Gasteiger partial charge in [-0.15, -0.1) is 0 Å². The van der Waals surface area contributed by atoms with Crippen molar-refractivity contribution < 1.29 is 0 Å². The summed E-state index contributed by atoms with van der Waals surface area (Å²) in [6.07, 6.45) is 2.60. The minimum Gasteiger partial charge on any atom is -0.276 e. The van der Waals surface area contributed by atoms with Gasteiger partial charge < -0.3 is 0 Å². The molecule has 0 radical (unpaired) electrons. The number of rotatable bonds is 4. The second-order valence-corrected chi connectivity index (χ2v) is 5.39. The van der Waals surface area contributed by atoms with E-state index in [4.69, 9.17) is 17.4 Å².